The molecule has 0 radical (unpaired) electrons. The molecule has 0 spiro atoms. The van der Waals surface area contributed by atoms with E-state index in [0.29, 0.717) is 0 Å². The van der Waals surface area contributed by atoms with Crippen LogP contribution in [-0.4, -0.2) is 16.6 Å². The third-order valence-corrected chi connectivity index (χ3v) is 3.82. The van der Waals surface area contributed by atoms with Crippen molar-refractivity contribution in [1.82, 2.24) is 0 Å². The van der Waals surface area contributed by atoms with Gasteiger partial charge in [0.25, 0.3) is 0 Å². The van der Waals surface area contributed by atoms with E-state index in [0.717, 1.165) is 38.5 Å². The second kappa shape index (κ2) is 2.22. The molecule has 0 saturated heterocycles. The largest absolute Gasteiger partial charge is 0.481 e. The minimum Gasteiger partial charge on any atom is -0.481 e. The summed E-state index contributed by atoms with van der Waals surface area (Å²) < 4.78 is 0. The van der Waals surface area contributed by atoms with Crippen LogP contribution in [0.3, 0.4) is 0 Å². The van der Waals surface area contributed by atoms with E-state index in [-0.39, 0.29) is 5.54 Å². The summed E-state index contributed by atoms with van der Waals surface area (Å²) >= 11 is 0. The smallest absolute Gasteiger partial charge is 0.311 e. The molecular weight excluding hydrogens is 154 g/mol. The molecule has 0 heterocycles. The minimum absolute atomic E-state index is 0.364. The Morgan fingerprint density at radius 1 is 1.17 bits per heavy atom. The summed E-state index contributed by atoms with van der Waals surface area (Å²) in [6, 6.07) is 0. The zero-order valence-corrected chi connectivity index (χ0v) is 7.18. The van der Waals surface area contributed by atoms with E-state index in [1.54, 1.807) is 0 Å². The van der Waals surface area contributed by atoms with Gasteiger partial charge in [-0.2, -0.15) is 0 Å². The summed E-state index contributed by atoms with van der Waals surface area (Å²) in [7, 11) is 0. The van der Waals surface area contributed by atoms with Crippen molar-refractivity contribution in [2.24, 2.45) is 11.1 Å². The summed E-state index contributed by atoms with van der Waals surface area (Å²) in [6.45, 7) is 0. The topological polar surface area (TPSA) is 63.3 Å². The monoisotopic (exact) mass is 169 g/mol. The highest BCUT2D eigenvalue weighted by Gasteiger charge is 2.60. The number of carboxylic acids is 1. The molecule has 0 unspecified atom stereocenters. The van der Waals surface area contributed by atoms with Crippen molar-refractivity contribution in [1.29, 1.82) is 0 Å². The van der Waals surface area contributed by atoms with Crippen LogP contribution in [0.1, 0.15) is 38.5 Å². The fourth-order valence-corrected chi connectivity index (χ4v) is 2.49. The first-order valence-electron chi connectivity index (χ1n) is 4.63. The SMILES string of the molecule is NC1(C2(C(=O)O)CCC2)CCC1. The Balaban J connectivity index is 2.21. The molecule has 12 heavy (non-hydrogen) atoms. The number of nitrogens with two attached hydrogens (primary N) is 1. The molecule has 3 N–H and O–H groups in total. The minimum atomic E-state index is -0.670. The van der Waals surface area contributed by atoms with Crippen molar-refractivity contribution in [2.75, 3.05) is 0 Å². The van der Waals surface area contributed by atoms with Gasteiger partial charge in [0.1, 0.15) is 0 Å². The Labute approximate surface area is 71.9 Å². The maximum Gasteiger partial charge on any atom is 0.311 e. The number of hydrogen-bond acceptors (Lipinski definition) is 2. The van der Waals surface area contributed by atoms with E-state index in [2.05, 4.69) is 0 Å². The molecule has 2 aliphatic rings. The lowest BCUT2D eigenvalue weighted by atomic mass is 9.51. The van der Waals surface area contributed by atoms with Gasteiger partial charge in [0.2, 0.25) is 0 Å². The molecule has 0 amide bonds. The first-order chi connectivity index (χ1) is 5.61. The maximum atomic E-state index is 11.1. The molecule has 2 aliphatic carbocycles. The Bertz CT molecular complexity index is 217. The summed E-state index contributed by atoms with van der Waals surface area (Å²) in [4.78, 5) is 11.1. The predicted octanol–water partition coefficient (Wildman–Crippen LogP) is 1.12. The zero-order valence-electron chi connectivity index (χ0n) is 7.18. The summed E-state index contributed by atoms with van der Waals surface area (Å²) in [5, 5.41) is 9.10. The van der Waals surface area contributed by atoms with Crippen molar-refractivity contribution in [2.45, 2.75) is 44.1 Å². The normalized spacial score (nSPS) is 30.1. The summed E-state index contributed by atoms with van der Waals surface area (Å²) in [5.41, 5.74) is 5.15. The first-order valence-corrected chi connectivity index (χ1v) is 4.63. The lowest BCUT2D eigenvalue weighted by molar-refractivity contribution is -0.165. The van der Waals surface area contributed by atoms with E-state index in [4.69, 9.17) is 10.8 Å². The molecule has 2 saturated carbocycles. The van der Waals surface area contributed by atoms with Gasteiger partial charge in [-0.1, -0.05) is 6.42 Å². The van der Waals surface area contributed by atoms with Gasteiger partial charge in [-0.3, -0.25) is 4.79 Å². The molecular formula is C9H15NO2. The summed E-state index contributed by atoms with van der Waals surface area (Å²) in [6.07, 6.45) is 5.52. The second-order valence-corrected chi connectivity index (χ2v) is 4.25. The molecule has 0 aliphatic heterocycles. The highest BCUT2D eigenvalue weighted by Crippen LogP contribution is 2.55. The molecule has 2 rings (SSSR count). The van der Waals surface area contributed by atoms with Gasteiger partial charge < -0.3 is 10.8 Å². The predicted molar refractivity (Wildman–Crippen MR) is 44.7 cm³/mol. The van der Waals surface area contributed by atoms with Crippen molar-refractivity contribution < 1.29 is 9.90 Å². The van der Waals surface area contributed by atoms with E-state index in [1.165, 1.54) is 0 Å². The molecule has 2 fully saturated rings. The van der Waals surface area contributed by atoms with Gasteiger partial charge in [0.15, 0.2) is 0 Å². The number of rotatable bonds is 2. The number of carboxylic acid groups (broad SMARTS) is 1. The Kier molecular flexibility index (Phi) is 1.49. The maximum absolute atomic E-state index is 11.1. The van der Waals surface area contributed by atoms with Crippen LogP contribution in [0.4, 0.5) is 0 Å². The van der Waals surface area contributed by atoms with Crippen molar-refractivity contribution in [3.8, 4) is 0 Å². The fraction of sp³-hybridized carbons (Fsp3) is 0.889. The molecule has 0 atom stereocenters. The third kappa shape index (κ3) is 0.724. The van der Waals surface area contributed by atoms with Crippen molar-refractivity contribution >= 4 is 5.97 Å². The lowest BCUT2D eigenvalue weighted by Crippen LogP contribution is -2.66. The van der Waals surface area contributed by atoms with E-state index in [9.17, 15) is 4.79 Å². The average molecular weight is 169 g/mol. The van der Waals surface area contributed by atoms with Crippen LogP contribution in [0.5, 0.6) is 0 Å². The van der Waals surface area contributed by atoms with Crippen LogP contribution >= 0.6 is 0 Å². The van der Waals surface area contributed by atoms with Crippen LogP contribution in [0, 0.1) is 5.41 Å². The standard InChI is InChI=1S/C9H15NO2/c10-9(5-2-6-9)8(7(11)12)3-1-4-8/h1-6,10H2,(H,11,12). The molecule has 3 heteroatoms. The van der Waals surface area contributed by atoms with Gasteiger partial charge in [0.05, 0.1) is 5.41 Å². The molecule has 0 bridgehead atoms. The Morgan fingerprint density at radius 2 is 1.67 bits per heavy atom. The van der Waals surface area contributed by atoms with E-state index in [1.807, 2.05) is 0 Å². The van der Waals surface area contributed by atoms with Crippen LogP contribution in [0.15, 0.2) is 0 Å². The fourth-order valence-electron chi connectivity index (χ4n) is 2.49. The average Bonchev–Trinajstić information content (AvgIpc) is 1.80. The summed E-state index contributed by atoms with van der Waals surface area (Å²) in [5.74, 6) is -0.670. The van der Waals surface area contributed by atoms with Crippen LogP contribution < -0.4 is 5.73 Å². The lowest BCUT2D eigenvalue weighted by Gasteiger charge is -2.55. The van der Waals surface area contributed by atoms with E-state index < -0.39 is 11.4 Å². The van der Waals surface area contributed by atoms with Crippen molar-refractivity contribution in [3.05, 3.63) is 0 Å². The molecule has 68 valence electrons. The Morgan fingerprint density at radius 3 is 1.75 bits per heavy atom. The zero-order chi connectivity index (χ0) is 8.82. The highest BCUT2D eigenvalue weighted by atomic mass is 16.4. The van der Waals surface area contributed by atoms with Gasteiger partial charge in [-0.25, -0.2) is 0 Å². The van der Waals surface area contributed by atoms with Crippen LogP contribution in [0.25, 0.3) is 0 Å². The quantitative estimate of drug-likeness (QED) is 0.651. The van der Waals surface area contributed by atoms with Crippen molar-refractivity contribution in [3.63, 3.8) is 0 Å². The number of carbonyl (C=O) groups is 1. The van der Waals surface area contributed by atoms with Gasteiger partial charge >= 0.3 is 5.97 Å². The number of hydrogen-bond donors (Lipinski definition) is 2. The van der Waals surface area contributed by atoms with E-state index >= 15 is 0 Å². The molecule has 3 nitrogen and oxygen atoms in total. The molecule has 0 aromatic heterocycles. The second-order valence-electron chi connectivity index (χ2n) is 4.25. The third-order valence-electron chi connectivity index (χ3n) is 3.82. The first kappa shape index (κ1) is 8.05. The molecule has 0 aromatic carbocycles. The highest BCUT2D eigenvalue weighted by molar-refractivity contribution is 5.78. The number of aliphatic carboxylic acids is 1. The Hall–Kier alpha value is -0.570. The van der Waals surface area contributed by atoms with Crippen LogP contribution in [-0.2, 0) is 4.79 Å². The van der Waals surface area contributed by atoms with Gasteiger partial charge in [0, 0.05) is 5.54 Å². The van der Waals surface area contributed by atoms with Crippen LogP contribution in [0.2, 0.25) is 0 Å². The van der Waals surface area contributed by atoms with Gasteiger partial charge in [-0.05, 0) is 32.1 Å². The van der Waals surface area contributed by atoms with Gasteiger partial charge in [-0.15, -0.1) is 0 Å². The molecule has 0 aromatic rings.